The minimum Gasteiger partial charge on any atom is -0.461 e. The van der Waals surface area contributed by atoms with Crippen molar-refractivity contribution in [3.63, 3.8) is 0 Å². The number of nitrogens with two attached hydrogens (primary N) is 1. The van der Waals surface area contributed by atoms with Gasteiger partial charge in [0.2, 0.25) is 0 Å². The average Bonchev–Trinajstić information content (AvgIpc) is 3.18. The fourth-order valence-electron chi connectivity index (χ4n) is 2.58. The standard InChI is InChI=1S/C16H22N2O/c17-11-14-13-5-1-2-6-15(13)19-16(14)7-3-4-10-18-12-8-9-12/h1-2,5-6,12,18H,3-4,7-11,17H2. The van der Waals surface area contributed by atoms with E-state index in [4.69, 9.17) is 10.2 Å². The molecule has 102 valence electrons. The van der Waals surface area contributed by atoms with Gasteiger partial charge in [-0.05, 0) is 38.3 Å². The van der Waals surface area contributed by atoms with Gasteiger partial charge in [0.05, 0.1) is 0 Å². The third kappa shape index (κ3) is 2.99. The smallest absolute Gasteiger partial charge is 0.134 e. The van der Waals surface area contributed by atoms with E-state index in [1.165, 1.54) is 30.2 Å². The summed E-state index contributed by atoms with van der Waals surface area (Å²) in [5.74, 6) is 1.08. The zero-order valence-corrected chi connectivity index (χ0v) is 11.3. The number of aryl methyl sites for hydroxylation is 1. The fraction of sp³-hybridized carbons (Fsp3) is 0.500. The summed E-state index contributed by atoms with van der Waals surface area (Å²) in [5, 5.41) is 4.72. The molecule has 3 heteroatoms. The molecule has 1 aromatic heterocycles. The molecular weight excluding hydrogens is 236 g/mol. The van der Waals surface area contributed by atoms with Crippen molar-refractivity contribution in [2.75, 3.05) is 6.54 Å². The molecule has 0 radical (unpaired) electrons. The van der Waals surface area contributed by atoms with Crippen LogP contribution >= 0.6 is 0 Å². The van der Waals surface area contributed by atoms with E-state index in [-0.39, 0.29) is 0 Å². The number of fused-ring (bicyclic) bond motifs is 1. The quantitative estimate of drug-likeness (QED) is 0.751. The number of hydrogen-bond acceptors (Lipinski definition) is 3. The van der Waals surface area contributed by atoms with E-state index in [1.807, 2.05) is 18.2 Å². The minimum absolute atomic E-state index is 0.562. The van der Waals surface area contributed by atoms with Crippen LogP contribution in [0.2, 0.25) is 0 Å². The van der Waals surface area contributed by atoms with Crippen LogP contribution in [0.4, 0.5) is 0 Å². The molecule has 1 saturated carbocycles. The molecule has 1 heterocycles. The second-order valence-electron chi connectivity index (χ2n) is 5.39. The molecule has 1 fully saturated rings. The summed E-state index contributed by atoms with van der Waals surface area (Å²) in [6, 6.07) is 8.98. The average molecular weight is 258 g/mol. The van der Waals surface area contributed by atoms with Crippen molar-refractivity contribution in [2.45, 2.75) is 44.7 Å². The molecule has 1 aliphatic carbocycles. The van der Waals surface area contributed by atoms with E-state index >= 15 is 0 Å². The van der Waals surface area contributed by atoms with Gasteiger partial charge >= 0.3 is 0 Å². The summed E-state index contributed by atoms with van der Waals surface area (Å²) in [6.07, 6.45) is 6.08. The van der Waals surface area contributed by atoms with Gasteiger partial charge in [-0.2, -0.15) is 0 Å². The Morgan fingerprint density at radius 3 is 2.84 bits per heavy atom. The monoisotopic (exact) mass is 258 g/mol. The Morgan fingerprint density at radius 2 is 2.05 bits per heavy atom. The Labute approximate surface area is 114 Å². The van der Waals surface area contributed by atoms with E-state index in [0.717, 1.165) is 36.8 Å². The molecule has 0 unspecified atom stereocenters. The Morgan fingerprint density at radius 1 is 1.21 bits per heavy atom. The van der Waals surface area contributed by atoms with Gasteiger partial charge in [-0.1, -0.05) is 18.2 Å². The summed E-state index contributed by atoms with van der Waals surface area (Å²) in [6.45, 7) is 1.69. The van der Waals surface area contributed by atoms with Crippen molar-refractivity contribution < 1.29 is 4.42 Å². The number of nitrogens with one attached hydrogen (secondary N) is 1. The van der Waals surface area contributed by atoms with Crippen LogP contribution < -0.4 is 11.1 Å². The van der Waals surface area contributed by atoms with Gasteiger partial charge in [0.15, 0.2) is 0 Å². The molecule has 0 aliphatic heterocycles. The van der Waals surface area contributed by atoms with Crippen LogP contribution in [0.15, 0.2) is 28.7 Å². The number of para-hydroxylation sites is 1. The number of unbranched alkanes of at least 4 members (excludes halogenated alkanes) is 1. The zero-order chi connectivity index (χ0) is 13.1. The maximum absolute atomic E-state index is 5.93. The van der Waals surface area contributed by atoms with Crippen molar-refractivity contribution in [2.24, 2.45) is 5.73 Å². The van der Waals surface area contributed by atoms with Crippen LogP contribution in [0.1, 0.15) is 37.0 Å². The van der Waals surface area contributed by atoms with Gasteiger partial charge in [-0.25, -0.2) is 0 Å². The molecule has 0 bridgehead atoms. The highest BCUT2D eigenvalue weighted by Gasteiger charge is 2.19. The third-order valence-corrected chi connectivity index (χ3v) is 3.83. The summed E-state index contributed by atoms with van der Waals surface area (Å²) < 4.78 is 5.93. The molecule has 0 saturated heterocycles. The van der Waals surface area contributed by atoms with Gasteiger partial charge in [0, 0.05) is 30.0 Å². The SMILES string of the molecule is NCc1c(CCCCNC2CC2)oc2ccccc12. The van der Waals surface area contributed by atoms with E-state index in [1.54, 1.807) is 0 Å². The van der Waals surface area contributed by atoms with E-state index in [2.05, 4.69) is 11.4 Å². The molecular formula is C16H22N2O. The Kier molecular flexibility index (Phi) is 3.85. The summed E-state index contributed by atoms with van der Waals surface area (Å²) in [7, 11) is 0. The summed E-state index contributed by atoms with van der Waals surface area (Å²) >= 11 is 0. The maximum Gasteiger partial charge on any atom is 0.134 e. The molecule has 1 aromatic carbocycles. The predicted molar refractivity (Wildman–Crippen MR) is 78.1 cm³/mol. The van der Waals surface area contributed by atoms with Crippen LogP contribution in [0.3, 0.4) is 0 Å². The first kappa shape index (κ1) is 12.7. The van der Waals surface area contributed by atoms with Crippen molar-refractivity contribution in [1.82, 2.24) is 5.32 Å². The van der Waals surface area contributed by atoms with Crippen LogP contribution in [-0.2, 0) is 13.0 Å². The van der Waals surface area contributed by atoms with Crippen molar-refractivity contribution in [3.8, 4) is 0 Å². The lowest BCUT2D eigenvalue weighted by atomic mass is 10.1. The topological polar surface area (TPSA) is 51.2 Å². The normalized spacial score (nSPS) is 15.2. The van der Waals surface area contributed by atoms with Gasteiger partial charge in [0.1, 0.15) is 11.3 Å². The van der Waals surface area contributed by atoms with E-state index < -0.39 is 0 Å². The Bertz CT molecular complexity index is 543. The van der Waals surface area contributed by atoms with E-state index in [0.29, 0.717) is 6.54 Å². The van der Waals surface area contributed by atoms with Crippen molar-refractivity contribution in [1.29, 1.82) is 0 Å². The first-order chi connectivity index (χ1) is 9.38. The highest BCUT2D eigenvalue weighted by Crippen LogP contribution is 2.26. The van der Waals surface area contributed by atoms with E-state index in [9.17, 15) is 0 Å². The lowest BCUT2D eigenvalue weighted by Gasteiger charge is -2.03. The molecule has 3 rings (SSSR count). The van der Waals surface area contributed by atoms with Crippen molar-refractivity contribution in [3.05, 3.63) is 35.6 Å². The number of rotatable bonds is 7. The van der Waals surface area contributed by atoms with Crippen molar-refractivity contribution >= 4 is 11.0 Å². The van der Waals surface area contributed by atoms with Gasteiger partial charge in [0.25, 0.3) is 0 Å². The summed E-state index contributed by atoms with van der Waals surface area (Å²) in [5.41, 5.74) is 8.02. The van der Waals surface area contributed by atoms with Gasteiger partial charge in [-0.3, -0.25) is 0 Å². The highest BCUT2D eigenvalue weighted by molar-refractivity contribution is 5.82. The molecule has 2 aromatic rings. The number of hydrogen-bond donors (Lipinski definition) is 2. The first-order valence-electron chi connectivity index (χ1n) is 7.31. The second-order valence-corrected chi connectivity index (χ2v) is 5.39. The Hall–Kier alpha value is -1.32. The maximum atomic E-state index is 5.93. The minimum atomic E-state index is 0.562. The molecule has 3 N–H and O–H groups in total. The van der Waals surface area contributed by atoms with Crippen LogP contribution in [0, 0.1) is 0 Å². The second kappa shape index (κ2) is 5.76. The van der Waals surface area contributed by atoms with Crippen LogP contribution in [0.25, 0.3) is 11.0 Å². The first-order valence-corrected chi connectivity index (χ1v) is 7.31. The molecule has 0 spiro atoms. The molecule has 3 nitrogen and oxygen atoms in total. The van der Waals surface area contributed by atoms with Crippen LogP contribution in [-0.4, -0.2) is 12.6 Å². The predicted octanol–water partition coefficient (Wildman–Crippen LogP) is 2.97. The molecule has 19 heavy (non-hydrogen) atoms. The van der Waals surface area contributed by atoms with Crippen LogP contribution in [0.5, 0.6) is 0 Å². The Balaban J connectivity index is 1.59. The van der Waals surface area contributed by atoms with Gasteiger partial charge in [-0.15, -0.1) is 0 Å². The zero-order valence-electron chi connectivity index (χ0n) is 11.3. The third-order valence-electron chi connectivity index (χ3n) is 3.83. The van der Waals surface area contributed by atoms with Gasteiger partial charge < -0.3 is 15.5 Å². The highest BCUT2D eigenvalue weighted by atomic mass is 16.3. The number of furan rings is 1. The largest absolute Gasteiger partial charge is 0.461 e. The molecule has 1 aliphatic rings. The lowest BCUT2D eigenvalue weighted by Crippen LogP contribution is -2.17. The fourth-order valence-corrected chi connectivity index (χ4v) is 2.58. The molecule has 0 amide bonds. The lowest BCUT2D eigenvalue weighted by molar-refractivity contribution is 0.519. The molecule has 0 atom stereocenters. The number of benzene rings is 1. The summed E-state index contributed by atoms with van der Waals surface area (Å²) in [4.78, 5) is 0.